The van der Waals surface area contributed by atoms with Crippen LogP contribution in [0.2, 0.25) is 0 Å². The first-order chi connectivity index (χ1) is 7.48. The van der Waals surface area contributed by atoms with Gasteiger partial charge in [-0.3, -0.25) is 5.41 Å². The average Bonchev–Trinajstić information content (AvgIpc) is 2.10. The van der Waals surface area contributed by atoms with E-state index in [0.29, 0.717) is 0 Å². The van der Waals surface area contributed by atoms with Gasteiger partial charge in [-0.05, 0) is 41.5 Å². The van der Waals surface area contributed by atoms with Gasteiger partial charge in [-0.2, -0.15) is 5.26 Å². The summed E-state index contributed by atoms with van der Waals surface area (Å²) in [6.45, 7) is 12.0. The Morgan fingerprint density at radius 3 is 1.61 bits per heavy atom. The van der Waals surface area contributed by atoms with E-state index in [9.17, 15) is 0 Å². The maximum atomic E-state index is 8.05. The van der Waals surface area contributed by atoms with E-state index < -0.39 is 0 Å². The van der Waals surface area contributed by atoms with Crippen LogP contribution in [0.25, 0.3) is 0 Å². The molecule has 0 unspecified atom stereocenters. The van der Waals surface area contributed by atoms with Crippen LogP contribution < -0.4 is 5.73 Å². The molecule has 18 heavy (non-hydrogen) atoms. The van der Waals surface area contributed by atoms with E-state index in [2.05, 4.69) is 0 Å². The van der Waals surface area contributed by atoms with Crippen LogP contribution in [0.1, 0.15) is 41.5 Å². The maximum Gasteiger partial charge on any atom is 0.134 e. The number of nitrogens with two attached hydrogens (primary N) is 1. The van der Waals surface area contributed by atoms with Gasteiger partial charge in [0.05, 0.1) is 17.3 Å². The molecule has 0 aliphatic carbocycles. The van der Waals surface area contributed by atoms with Crippen LogP contribution in [0.4, 0.5) is 0 Å². The Hall–Kier alpha value is -0.830. The number of hydrogen-bond donors (Lipinski definition) is 2. The lowest BCUT2D eigenvalue weighted by Gasteiger charge is -2.18. The highest BCUT2D eigenvalue weighted by Crippen LogP contribution is 2.05. The molecule has 6 heteroatoms. The lowest BCUT2D eigenvalue weighted by molar-refractivity contribution is 0.0174. The number of nitriles is 1. The minimum atomic E-state index is -0.189. The summed E-state index contributed by atoms with van der Waals surface area (Å²) >= 11 is 0. The van der Waals surface area contributed by atoms with E-state index in [1.165, 1.54) is 0 Å². The fraction of sp³-hybridized carbons (Fsp3) is 0.833. The number of nitrogens with zero attached hydrogens (tertiary/aromatic N) is 1. The number of nitrogens with one attached hydrogen (secondary N) is 1. The molecule has 5 nitrogen and oxygen atoms in total. The predicted octanol–water partition coefficient (Wildman–Crippen LogP) is 2.48. The Morgan fingerprint density at radius 2 is 1.50 bits per heavy atom. The van der Waals surface area contributed by atoms with Crippen LogP contribution in [0.3, 0.4) is 0 Å². The van der Waals surface area contributed by atoms with Crippen LogP contribution in [-0.2, 0) is 9.47 Å². The molecule has 0 amide bonds. The second-order valence-electron chi connectivity index (χ2n) is 5.49. The van der Waals surface area contributed by atoms with E-state index in [1.807, 2.05) is 47.6 Å². The molecule has 0 aromatic heterocycles. The largest absolute Gasteiger partial charge is 0.386 e. The van der Waals surface area contributed by atoms with Crippen molar-refractivity contribution in [2.75, 3.05) is 13.2 Å². The summed E-state index contributed by atoms with van der Waals surface area (Å²) in [4.78, 5) is 0. The highest BCUT2D eigenvalue weighted by molar-refractivity contribution is 5.85. The van der Waals surface area contributed by atoms with Crippen molar-refractivity contribution in [2.45, 2.75) is 52.7 Å². The number of amidine groups is 1. The van der Waals surface area contributed by atoms with Crippen LogP contribution in [-0.4, -0.2) is 30.3 Å². The van der Waals surface area contributed by atoms with Gasteiger partial charge in [0.1, 0.15) is 19.0 Å². The Kier molecular flexibility index (Phi) is 12.6. The number of ether oxygens (including phenoxy) is 2. The molecule has 0 radical (unpaired) electrons. The topological polar surface area (TPSA) is 92.1 Å². The smallest absolute Gasteiger partial charge is 0.134 e. The van der Waals surface area contributed by atoms with Gasteiger partial charge in [0, 0.05) is 0 Å². The van der Waals surface area contributed by atoms with Gasteiger partial charge in [-0.25, -0.2) is 0 Å². The fourth-order valence-corrected chi connectivity index (χ4v) is 0.543. The zero-order valence-electron chi connectivity index (χ0n) is 12.2. The summed E-state index contributed by atoms with van der Waals surface area (Å²) in [6.07, 6.45) is 0. The third-order valence-electron chi connectivity index (χ3n) is 1.23. The Bertz CT molecular complexity index is 262. The molecule has 0 aliphatic heterocycles. The lowest BCUT2D eigenvalue weighted by Crippen LogP contribution is -2.26. The van der Waals surface area contributed by atoms with Crippen molar-refractivity contribution >= 4 is 18.2 Å². The third-order valence-corrected chi connectivity index (χ3v) is 1.23. The standard InChI is InChI=1S/C6H14N2O.C6H11NO.ClH/c1-6(2,3)9-4-5(7)8;1-6(2,3)8-5-4-7;/h4H2,1-3H3,(H3,7,8);5H2,1-3H3;1H. The zero-order valence-corrected chi connectivity index (χ0v) is 13.0. The molecule has 0 aromatic carbocycles. The second kappa shape index (κ2) is 10.1. The molecular formula is C12H26ClN3O2. The second-order valence-corrected chi connectivity index (χ2v) is 5.49. The molecule has 0 aromatic rings. The van der Waals surface area contributed by atoms with Crippen molar-refractivity contribution in [3.05, 3.63) is 0 Å². The van der Waals surface area contributed by atoms with Crippen molar-refractivity contribution in [1.29, 1.82) is 10.7 Å². The van der Waals surface area contributed by atoms with Crippen LogP contribution in [0.5, 0.6) is 0 Å². The molecule has 0 atom stereocenters. The molecule has 0 saturated carbocycles. The summed E-state index contributed by atoms with van der Waals surface area (Å²) < 4.78 is 10.2. The predicted molar refractivity (Wildman–Crippen MR) is 76.2 cm³/mol. The summed E-state index contributed by atoms with van der Waals surface area (Å²) in [5, 5.41) is 14.9. The minimum absolute atomic E-state index is 0. The van der Waals surface area contributed by atoms with Gasteiger partial charge in [0.25, 0.3) is 0 Å². The minimum Gasteiger partial charge on any atom is -0.386 e. The van der Waals surface area contributed by atoms with Crippen molar-refractivity contribution < 1.29 is 9.47 Å². The monoisotopic (exact) mass is 279 g/mol. The van der Waals surface area contributed by atoms with Crippen molar-refractivity contribution in [2.24, 2.45) is 5.73 Å². The first-order valence-electron chi connectivity index (χ1n) is 5.45. The molecule has 0 bridgehead atoms. The average molecular weight is 280 g/mol. The number of rotatable bonds is 3. The van der Waals surface area contributed by atoms with Gasteiger partial charge in [0.15, 0.2) is 0 Å². The van der Waals surface area contributed by atoms with Gasteiger partial charge in [-0.1, -0.05) is 0 Å². The Morgan fingerprint density at radius 1 is 1.11 bits per heavy atom. The number of halogens is 1. The van der Waals surface area contributed by atoms with Crippen molar-refractivity contribution in [3.63, 3.8) is 0 Å². The fourth-order valence-electron chi connectivity index (χ4n) is 0.543. The van der Waals surface area contributed by atoms with Gasteiger partial charge in [0.2, 0.25) is 0 Å². The molecule has 108 valence electrons. The molecule has 0 rings (SSSR count). The van der Waals surface area contributed by atoms with Crippen molar-refractivity contribution in [3.8, 4) is 6.07 Å². The normalized spacial score (nSPS) is 10.5. The Labute approximate surface area is 117 Å². The quantitative estimate of drug-likeness (QED) is 0.613. The SMILES string of the molecule is CC(C)(C)OCC#N.CC(C)(C)OCC(=N)N.Cl. The summed E-state index contributed by atoms with van der Waals surface area (Å²) in [7, 11) is 0. The van der Waals surface area contributed by atoms with E-state index in [0.717, 1.165) is 0 Å². The molecule has 0 heterocycles. The van der Waals surface area contributed by atoms with Crippen LogP contribution in [0, 0.1) is 16.7 Å². The summed E-state index contributed by atoms with van der Waals surface area (Å²) in [5.41, 5.74) is 4.70. The molecule has 0 aliphatic rings. The molecular weight excluding hydrogens is 254 g/mol. The molecule has 0 fully saturated rings. The van der Waals surface area contributed by atoms with E-state index in [1.54, 1.807) is 0 Å². The first-order valence-corrected chi connectivity index (χ1v) is 5.45. The number of hydrogen-bond acceptors (Lipinski definition) is 4. The van der Waals surface area contributed by atoms with E-state index >= 15 is 0 Å². The van der Waals surface area contributed by atoms with E-state index in [4.69, 9.17) is 25.9 Å². The van der Waals surface area contributed by atoms with Crippen LogP contribution >= 0.6 is 12.4 Å². The summed E-state index contributed by atoms with van der Waals surface area (Å²) in [6, 6.07) is 1.90. The molecule has 0 saturated heterocycles. The maximum absolute atomic E-state index is 8.05. The molecule has 0 spiro atoms. The summed E-state index contributed by atoms with van der Waals surface area (Å²) in [5.74, 6) is 0.0740. The van der Waals surface area contributed by atoms with Gasteiger partial charge in [-0.15, -0.1) is 12.4 Å². The lowest BCUT2D eigenvalue weighted by atomic mass is 10.2. The first kappa shape index (κ1) is 22.4. The Balaban J connectivity index is -0.000000238. The van der Waals surface area contributed by atoms with Gasteiger partial charge >= 0.3 is 0 Å². The highest BCUT2D eigenvalue weighted by Gasteiger charge is 2.09. The zero-order chi connectivity index (χ0) is 14.1. The van der Waals surface area contributed by atoms with E-state index in [-0.39, 0.29) is 42.7 Å². The van der Waals surface area contributed by atoms with Gasteiger partial charge < -0.3 is 15.2 Å². The third kappa shape index (κ3) is 29.4. The molecule has 3 N–H and O–H groups in total. The highest BCUT2D eigenvalue weighted by atomic mass is 35.5. The van der Waals surface area contributed by atoms with Crippen LogP contribution in [0.15, 0.2) is 0 Å². The van der Waals surface area contributed by atoms with Crippen molar-refractivity contribution in [1.82, 2.24) is 0 Å².